The Labute approximate surface area is 183 Å². The highest BCUT2D eigenvalue weighted by atomic mass is 35.5. The molecule has 0 aliphatic heterocycles. The summed E-state index contributed by atoms with van der Waals surface area (Å²) in [6.07, 6.45) is 2.66. The van der Waals surface area contributed by atoms with Crippen LogP contribution in [0, 0.1) is 0 Å². The lowest BCUT2D eigenvalue weighted by molar-refractivity contribution is -0.124. The number of carbonyl (C=O) groups is 2. The summed E-state index contributed by atoms with van der Waals surface area (Å²) in [6, 6.07) is 18.8. The molecule has 0 unspecified atom stereocenters. The minimum Gasteiger partial charge on any atom is -0.497 e. The number of amides is 2. The zero-order valence-electron chi connectivity index (χ0n) is 16.5. The van der Waals surface area contributed by atoms with Crippen LogP contribution in [0.25, 0.3) is 17.2 Å². The smallest absolute Gasteiger partial charge is 0.283 e. The van der Waals surface area contributed by atoms with Crippen LogP contribution in [0.1, 0.15) is 15.9 Å². The third kappa shape index (κ3) is 5.63. The molecule has 0 aromatic heterocycles. The molecule has 0 aliphatic carbocycles. The van der Waals surface area contributed by atoms with Gasteiger partial charge >= 0.3 is 0 Å². The van der Waals surface area contributed by atoms with E-state index in [2.05, 4.69) is 5.48 Å². The van der Waals surface area contributed by atoms with Crippen molar-refractivity contribution in [2.24, 2.45) is 0 Å². The molecule has 7 nitrogen and oxygen atoms in total. The molecular weight excluding hydrogens is 420 g/mol. The van der Waals surface area contributed by atoms with Gasteiger partial charge in [-0.25, -0.2) is 5.48 Å². The molecule has 0 radical (unpaired) electrons. The van der Waals surface area contributed by atoms with Crippen molar-refractivity contribution < 1.29 is 24.4 Å². The lowest BCUT2D eigenvalue weighted by atomic mass is 9.98. The Morgan fingerprint density at radius 2 is 1.77 bits per heavy atom. The van der Waals surface area contributed by atoms with Gasteiger partial charge in [0.2, 0.25) is 0 Å². The number of hydroxylamine groups is 2. The summed E-state index contributed by atoms with van der Waals surface area (Å²) in [5.41, 5.74) is 6.25. The molecule has 0 fully saturated rings. The van der Waals surface area contributed by atoms with Crippen LogP contribution < -0.4 is 20.5 Å². The second kappa shape index (κ2) is 10.3. The molecule has 0 saturated heterocycles. The minimum absolute atomic E-state index is 0.355. The van der Waals surface area contributed by atoms with Crippen molar-refractivity contribution in [1.29, 1.82) is 0 Å². The van der Waals surface area contributed by atoms with Crippen LogP contribution in [0.3, 0.4) is 0 Å². The van der Waals surface area contributed by atoms with Gasteiger partial charge in [-0.1, -0.05) is 35.9 Å². The number of ether oxygens (including phenoxy) is 1. The van der Waals surface area contributed by atoms with Gasteiger partial charge in [0, 0.05) is 22.2 Å². The van der Waals surface area contributed by atoms with Gasteiger partial charge in [-0.3, -0.25) is 14.8 Å². The molecule has 0 aliphatic rings. The Morgan fingerprint density at radius 1 is 1.00 bits per heavy atom. The van der Waals surface area contributed by atoms with Crippen molar-refractivity contribution >= 4 is 29.5 Å². The Bertz CT molecular complexity index is 1120. The van der Waals surface area contributed by atoms with Gasteiger partial charge in [0.1, 0.15) is 5.75 Å². The molecule has 3 aromatic carbocycles. The molecule has 3 aromatic rings. The van der Waals surface area contributed by atoms with Gasteiger partial charge in [-0.05, 0) is 59.7 Å². The topological polar surface area (TPSA) is 96.9 Å². The number of benzene rings is 3. The predicted octanol–water partition coefficient (Wildman–Crippen LogP) is 4.26. The Balaban J connectivity index is 1.98. The third-order valence-electron chi connectivity index (χ3n) is 4.30. The number of nitrogens with one attached hydrogen (secondary N) is 2. The summed E-state index contributed by atoms with van der Waals surface area (Å²) < 4.78 is 5.32. The van der Waals surface area contributed by atoms with E-state index in [-0.39, 0.29) is 0 Å². The largest absolute Gasteiger partial charge is 0.497 e. The van der Waals surface area contributed by atoms with E-state index in [4.69, 9.17) is 26.4 Å². The first kappa shape index (κ1) is 21.9. The first-order valence-electron chi connectivity index (χ1n) is 9.14. The van der Waals surface area contributed by atoms with Gasteiger partial charge < -0.3 is 9.57 Å². The normalized spacial score (nSPS) is 10.5. The van der Waals surface area contributed by atoms with Crippen LogP contribution in [0.15, 0.2) is 72.8 Å². The molecule has 0 heterocycles. The molecule has 31 heavy (non-hydrogen) atoms. The number of methoxy groups -OCH3 is 1. The van der Waals surface area contributed by atoms with Crippen LogP contribution in [-0.2, 0) is 4.79 Å². The Hall–Kier alpha value is -3.81. The van der Waals surface area contributed by atoms with Crippen LogP contribution in [0.2, 0.25) is 5.02 Å². The average molecular weight is 439 g/mol. The molecule has 0 atom stereocenters. The minimum atomic E-state index is -0.692. The number of halogens is 1. The van der Waals surface area contributed by atoms with E-state index in [9.17, 15) is 9.59 Å². The number of rotatable bonds is 7. The molecule has 158 valence electrons. The predicted molar refractivity (Wildman–Crippen MR) is 117 cm³/mol. The summed E-state index contributed by atoms with van der Waals surface area (Å²) in [4.78, 5) is 29.4. The lowest BCUT2D eigenvalue weighted by Crippen LogP contribution is -2.27. The first-order chi connectivity index (χ1) is 15.0. The van der Waals surface area contributed by atoms with Gasteiger partial charge in [0.15, 0.2) is 5.75 Å². The highest BCUT2D eigenvalue weighted by Crippen LogP contribution is 2.37. The summed E-state index contributed by atoms with van der Waals surface area (Å²) in [6.45, 7) is 0. The summed E-state index contributed by atoms with van der Waals surface area (Å²) in [7, 11) is 1.53. The maximum Gasteiger partial charge on any atom is 0.283 e. The maximum absolute atomic E-state index is 12.4. The summed E-state index contributed by atoms with van der Waals surface area (Å²) >= 11 is 6.13. The van der Waals surface area contributed by atoms with Gasteiger partial charge in [0.25, 0.3) is 11.8 Å². The van der Waals surface area contributed by atoms with Gasteiger partial charge in [0.05, 0.1) is 7.11 Å². The number of hydrogen-bond donors (Lipinski definition) is 3. The van der Waals surface area contributed by atoms with E-state index in [1.165, 1.54) is 18.7 Å². The second-order valence-corrected chi connectivity index (χ2v) is 6.74. The standard InChI is InChI=1S/C23H19ClN2O5/c1-30-18-9-11-21(31-26-23(28)15-5-3-2-4-6-15)20(14-18)19-10-8-17(24)13-16(19)7-12-22(27)25-29/h2-14,29H,1H3,(H,25,27)(H,26,28)/b12-7+. The van der Waals surface area contributed by atoms with Crippen LogP contribution in [0.5, 0.6) is 11.5 Å². The summed E-state index contributed by atoms with van der Waals surface area (Å²) in [5.74, 6) is -0.176. The van der Waals surface area contributed by atoms with Crippen molar-refractivity contribution in [1.82, 2.24) is 11.0 Å². The molecule has 3 rings (SSSR count). The maximum atomic E-state index is 12.4. The van der Waals surface area contributed by atoms with E-state index in [0.717, 1.165) is 6.08 Å². The fraction of sp³-hybridized carbons (Fsp3) is 0.0435. The first-order valence-corrected chi connectivity index (χ1v) is 9.52. The monoisotopic (exact) mass is 438 g/mol. The molecule has 0 spiro atoms. The molecule has 0 saturated carbocycles. The molecule has 2 amide bonds. The molecule has 8 heteroatoms. The van der Waals surface area contributed by atoms with Gasteiger partial charge in [-0.2, -0.15) is 5.48 Å². The van der Waals surface area contributed by atoms with E-state index in [1.807, 2.05) is 6.07 Å². The Kier molecular flexibility index (Phi) is 7.26. The van der Waals surface area contributed by atoms with Crippen molar-refractivity contribution in [2.75, 3.05) is 7.11 Å². The van der Waals surface area contributed by atoms with Crippen LogP contribution in [0.4, 0.5) is 0 Å². The number of hydrogen-bond acceptors (Lipinski definition) is 5. The SMILES string of the molecule is COc1ccc(ONC(=O)c2ccccc2)c(-c2ccc(Cl)cc2/C=C/C(=O)NO)c1. The summed E-state index contributed by atoms with van der Waals surface area (Å²) in [5, 5.41) is 9.18. The van der Waals surface area contributed by atoms with Crippen molar-refractivity contribution in [3.05, 3.63) is 89.0 Å². The van der Waals surface area contributed by atoms with Gasteiger partial charge in [-0.15, -0.1) is 0 Å². The number of carbonyl (C=O) groups excluding carboxylic acids is 2. The van der Waals surface area contributed by atoms with E-state index < -0.39 is 11.8 Å². The average Bonchev–Trinajstić information content (AvgIpc) is 2.81. The molecular formula is C23H19ClN2O5. The van der Waals surface area contributed by atoms with Crippen LogP contribution >= 0.6 is 11.6 Å². The highest BCUT2D eigenvalue weighted by molar-refractivity contribution is 6.30. The highest BCUT2D eigenvalue weighted by Gasteiger charge is 2.14. The fourth-order valence-electron chi connectivity index (χ4n) is 2.80. The van der Waals surface area contributed by atoms with Crippen molar-refractivity contribution in [3.8, 4) is 22.6 Å². The fourth-order valence-corrected chi connectivity index (χ4v) is 2.99. The third-order valence-corrected chi connectivity index (χ3v) is 4.54. The molecule has 3 N–H and O–H groups in total. The quantitative estimate of drug-likeness (QED) is 0.291. The Morgan fingerprint density at radius 3 is 2.48 bits per heavy atom. The zero-order valence-corrected chi connectivity index (χ0v) is 17.2. The molecule has 0 bridgehead atoms. The van der Waals surface area contributed by atoms with E-state index >= 15 is 0 Å². The van der Waals surface area contributed by atoms with Crippen molar-refractivity contribution in [3.63, 3.8) is 0 Å². The van der Waals surface area contributed by atoms with Crippen LogP contribution in [-0.4, -0.2) is 24.1 Å². The second-order valence-electron chi connectivity index (χ2n) is 6.30. The van der Waals surface area contributed by atoms with E-state index in [0.29, 0.717) is 38.8 Å². The van der Waals surface area contributed by atoms with Crippen molar-refractivity contribution in [2.45, 2.75) is 0 Å². The lowest BCUT2D eigenvalue weighted by Gasteiger charge is -2.15. The van der Waals surface area contributed by atoms with E-state index in [1.54, 1.807) is 60.7 Å². The zero-order chi connectivity index (χ0) is 22.2.